The molecule has 0 aliphatic carbocycles. The molecule has 2 aliphatic heterocycles. The zero-order chi connectivity index (χ0) is 14.0. The van der Waals surface area contributed by atoms with Crippen molar-refractivity contribution in [1.29, 1.82) is 0 Å². The quantitative estimate of drug-likeness (QED) is 0.769. The maximum absolute atomic E-state index is 12.4. The van der Waals surface area contributed by atoms with Crippen LogP contribution < -0.4 is 0 Å². The number of hydrogen-bond acceptors (Lipinski definition) is 4. The van der Waals surface area contributed by atoms with Gasteiger partial charge in [0.1, 0.15) is 0 Å². The molecule has 7 nitrogen and oxygen atoms in total. The van der Waals surface area contributed by atoms with Gasteiger partial charge in [-0.05, 0) is 19.3 Å². The van der Waals surface area contributed by atoms with Gasteiger partial charge in [0.05, 0.1) is 12.1 Å². The SMILES string of the molecule is COP(=O)(O)C[C@H]1CCC(=O)N2CCCCN2C1=O. The zero-order valence-corrected chi connectivity index (χ0v) is 11.8. The first-order valence-electron chi connectivity index (χ1n) is 6.44. The standard InChI is InChI=1S/C11H19N2O5P/c1-18-19(16,17)8-9-4-5-10(14)12-6-2-3-7-13(12)11(9)15/h9H,2-8H2,1H3,(H,16,17)/t9-/m1/s1. The first-order valence-corrected chi connectivity index (χ1v) is 8.20. The molecule has 0 aromatic heterocycles. The highest BCUT2D eigenvalue weighted by molar-refractivity contribution is 7.52. The highest BCUT2D eigenvalue weighted by Gasteiger charge is 2.39. The van der Waals surface area contributed by atoms with E-state index in [9.17, 15) is 19.0 Å². The second kappa shape index (κ2) is 5.61. The number of carbonyl (C=O) groups is 2. The van der Waals surface area contributed by atoms with Crippen LogP contribution in [-0.2, 0) is 18.7 Å². The van der Waals surface area contributed by atoms with E-state index in [1.54, 1.807) is 0 Å². The van der Waals surface area contributed by atoms with E-state index in [1.807, 2.05) is 0 Å². The molecule has 2 aliphatic rings. The van der Waals surface area contributed by atoms with E-state index in [4.69, 9.17) is 0 Å². The maximum atomic E-state index is 12.4. The van der Waals surface area contributed by atoms with Crippen molar-refractivity contribution in [2.75, 3.05) is 26.4 Å². The van der Waals surface area contributed by atoms with E-state index in [0.717, 1.165) is 20.0 Å². The molecule has 19 heavy (non-hydrogen) atoms. The Balaban J connectivity index is 2.16. The lowest BCUT2D eigenvalue weighted by Gasteiger charge is -2.38. The van der Waals surface area contributed by atoms with Gasteiger partial charge in [-0.3, -0.25) is 24.2 Å². The van der Waals surface area contributed by atoms with E-state index in [1.165, 1.54) is 10.0 Å². The van der Waals surface area contributed by atoms with Gasteiger partial charge in [-0.2, -0.15) is 0 Å². The fourth-order valence-corrected chi connectivity index (χ4v) is 3.58. The van der Waals surface area contributed by atoms with Crippen molar-refractivity contribution < 1.29 is 23.6 Å². The lowest BCUT2D eigenvalue weighted by atomic mass is 10.1. The molecular formula is C11H19N2O5P. The first-order chi connectivity index (χ1) is 8.94. The number of fused-ring (bicyclic) bond motifs is 1. The van der Waals surface area contributed by atoms with Crippen LogP contribution in [-0.4, -0.2) is 53.1 Å². The Morgan fingerprint density at radius 2 is 1.95 bits per heavy atom. The number of amides is 2. The molecule has 2 fully saturated rings. The molecule has 0 aromatic rings. The zero-order valence-electron chi connectivity index (χ0n) is 10.9. The Morgan fingerprint density at radius 3 is 2.58 bits per heavy atom. The molecule has 0 bridgehead atoms. The fourth-order valence-electron chi connectivity index (χ4n) is 2.54. The summed E-state index contributed by atoms with van der Waals surface area (Å²) < 4.78 is 16.1. The number of rotatable bonds is 3. The lowest BCUT2D eigenvalue weighted by Crippen LogP contribution is -2.53. The van der Waals surface area contributed by atoms with Gasteiger partial charge >= 0.3 is 7.60 Å². The molecule has 108 valence electrons. The third-order valence-electron chi connectivity index (χ3n) is 3.62. The Kier molecular flexibility index (Phi) is 4.28. The van der Waals surface area contributed by atoms with Crippen LogP contribution in [0, 0.1) is 5.92 Å². The predicted molar refractivity (Wildman–Crippen MR) is 67.1 cm³/mol. The van der Waals surface area contributed by atoms with Gasteiger partial charge in [0, 0.05) is 26.6 Å². The van der Waals surface area contributed by atoms with Gasteiger partial charge in [-0.1, -0.05) is 0 Å². The molecule has 8 heteroatoms. The summed E-state index contributed by atoms with van der Waals surface area (Å²) in [5.41, 5.74) is 0. The van der Waals surface area contributed by atoms with Crippen molar-refractivity contribution in [3.8, 4) is 0 Å². The monoisotopic (exact) mass is 290 g/mol. The molecule has 0 aromatic carbocycles. The molecular weight excluding hydrogens is 271 g/mol. The third-order valence-corrected chi connectivity index (χ3v) is 5.09. The van der Waals surface area contributed by atoms with Crippen LogP contribution in [0.25, 0.3) is 0 Å². The van der Waals surface area contributed by atoms with Crippen molar-refractivity contribution in [2.45, 2.75) is 25.7 Å². The highest BCUT2D eigenvalue weighted by Crippen LogP contribution is 2.44. The van der Waals surface area contributed by atoms with E-state index >= 15 is 0 Å². The Bertz CT molecular complexity index is 427. The molecule has 1 N–H and O–H groups in total. The van der Waals surface area contributed by atoms with Gasteiger partial charge < -0.3 is 9.42 Å². The number of hydrogen-bond donors (Lipinski definition) is 1. The first kappa shape index (κ1) is 14.5. The molecule has 2 heterocycles. The second-order valence-electron chi connectivity index (χ2n) is 4.92. The largest absolute Gasteiger partial charge is 0.328 e. The van der Waals surface area contributed by atoms with Crippen molar-refractivity contribution >= 4 is 19.4 Å². The highest BCUT2D eigenvalue weighted by atomic mass is 31.2. The van der Waals surface area contributed by atoms with Crippen LogP contribution in [0.3, 0.4) is 0 Å². The maximum Gasteiger partial charge on any atom is 0.328 e. The molecule has 1 unspecified atom stereocenters. The lowest BCUT2D eigenvalue weighted by molar-refractivity contribution is -0.166. The normalized spacial score (nSPS) is 27.8. The van der Waals surface area contributed by atoms with Gasteiger partial charge in [-0.25, -0.2) is 0 Å². The Morgan fingerprint density at radius 1 is 1.32 bits per heavy atom. The summed E-state index contributed by atoms with van der Waals surface area (Å²) in [7, 11) is -2.59. The molecule has 0 spiro atoms. The minimum atomic E-state index is -3.74. The molecule has 2 amide bonds. The van der Waals surface area contributed by atoms with Crippen LogP contribution >= 0.6 is 7.60 Å². The van der Waals surface area contributed by atoms with Gasteiger partial charge in [0.25, 0.3) is 0 Å². The topological polar surface area (TPSA) is 87.2 Å². The van der Waals surface area contributed by atoms with Crippen LogP contribution in [0.4, 0.5) is 0 Å². The van der Waals surface area contributed by atoms with Gasteiger partial charge in [-0.15, -0.1) is 0 Å². The third kappa shape index (κ3) is 3.16. The second-order valence-corrected chi connectivity index (χ2v) is 6.93. The van der Waals surface area contributed by atoms with Crippen LogP contribution in [0.1, 0.15) is 25.7 Å². The summed E-state index contributed by atoms with van der Waals surface area (Å²) in [5.74, 6) is -0.944. The summed E-state index contributed by atoms with van der Waals surface area (Å²) >= 11 is 0. The van der Waals surface area contributed by atoms with Gasteiger partial charge in [0.15, 0.2) is 0 Å². The number of nitrogens with zero attached hydrogens (tertiary/aromatic N) is 2. The minimum Gasteiger partial charge on any atom is -0.324 e. The molecule has 0 saturated carbocycles. The van der Waals surface area contributed by atoms with Crippen molar-refractivity contribution in [3.05, 3.63) is 0 Å². The summed E-state index contributed by atoms with van der Waals surface area (Å²) in [6, 6.07) is 0. The van der Waals surface area contributed by atoms with Crippen LogP contribution in [0.5, 0.6) is 0 Å². The van der Waals surface area contributed by atoms with E-state index in [0.29, 0.717) is 19.5 Å². The molecule has 0 radical (unpaired) electrons. The number of carbonyl (C=O) groups excluding carboxylic acids is 2. The molecule has 2 saturated heterocycles. The Labute approximate surface area is 112 Å². The summed E-state index contributed by atoms with van der Waals surface area (Å²) in [6.07, 6.45) is 2.05. The average Bonchev–Trinajstić information content (AvgIpc) is 2.52. The van der Waals surface area contributed by atoms with Crippen molar-refractivity contribution in [3.63, 3.8) is 0 Å². The number of hydrazine groups is 1. The summed E-state index contributed by atoms with van der Waals surface area (Å²) in [4.78, 5) is 33.8. The van der Waals surface area contributed by atoms with Crippen molar-refractivity contribution in [1.82, 2.24) is 10.0 Å². The van der Waals surface area contributed by atoms with Gasteiger partial charge in [0.2, 0.25) is 11.8 Å². The molecule has 2 rings (SSSR count). The van der Waals surface area contributed by atoms with E-state index < -0.39 is 13.5 Å². The minimum absolute atomic E-state index is 0.0826. The summed E-state index contributed by atoms with van der Waals surface area (Å²) in [5, 5.41) is 2.93. The average molecular weight is 290 g/mol. The van der Waals surface area contributed by atoms with E-state index in [-0.39, 0.29) is 24.4 Å². The van der Waals surface area contributed by atoms with Crippen molar-refractivity contribution in [2.24, 2.45) is 5.92 Å². The summed E-state index contributed by atoms with van der Waals surface area (Å²) in [6.45, 7) is 1.06. The Hall–Kier alpha value is -0.910. The predicted octanol–water partition coefficient (Wildman–Crippen LogP) is 0.594. The smallest absolute Gasteiger partial charge is 0.324 e. The van der Waals surface area contributed by atoms with Crippen LogP contribution in [0.2, 0.25) is 0 Å². The van der Waals surface area contributed by atoms with Crippen LogP contribution in [0.15, 0.2) is 0 Å². The van der Waals surface area contributed by atoms with E-state index in [2.05, 4.69) is 4.52 Å². The molecule has 2 atom stereocenters. The fraction of sp³-hybridized carbons (Fsp3) is 0.818.